The maximum absolute atomic E-state index is 6.19. The molecular weight excluding hydrogens is 254 g/mol. The number of nitrogens with one attached hydrogen (secondary N) is 1. The third kappa shape index (κ3) is 3.62. The van der Waals surface area contributed by atoms with Crippen molar-refractivity contribution in [2.75, 3.05) is 5.32 Å². The topological polar surface area (TPSA) is 12.0 Å². The average Bonchev–Trinajstić information content (AvgIpc) is 2.42. The van der Waals surface area contributed by atoms with Gasteiger partial charge in [0, 0.05) is 0 Å². The van der Waals surface area contributed by atoms with Crippen LogP contribution in [0.3, 0.4) is 0 Å². The third-order valence-electron chi connectivity index (χ3n) is 3.09. The number of para-hydroxylation sites is 1. The fraction of sp³-hybridized carbons (Fsp3) is 0.176. The van der Waals surface area contributed by atoms with E-state index in [1.54, 1.807) is 0 Å². The standard InChI is InChI=1S/C17H18ClN/c1-3-6-16(14-11-9-13(2)10-12-14)19-17-8-5-4-7-15(17)18/h3-5,7-12,16,19H,1,6H2,2H3. The minimum absolute atomic E-state index is 0.193. The van der Waals surface area contributed by atoms with Gasteiger partial charge in [0.25, 0.3) is 0 Å². The van der Waals surface area contributed by atoms with Crippen molar-refractivity contribution in [1.82, 2.24) is 0 Å². The van der Waals surface area contributed by atoms with E-state index in [1.165, 1.54) is 11.1 Å². The molecule has 0 saturated carbocycles. The molecule has 0 bridgehead atoms. The van der Waals surface area contributed by atoms with Gasteiger partial charge in [0.2, 0.25) is 0 Å². The Kier molecular flexibility index (Phi) is 4.64. The summed E-state index contributed by atoms with van der Waals surface area (Å²) in [5.74, 6) is 0. The molecule has 0 spiro atoms. The highest BCUT2D eigenvalue weighted by molar-refractivity contribution is 6.33. The Labute approximate surface area is 119 Å². The second kappa shape index (κ2) is 6.44. The number of aryl methyl sites for hydroxylation is 1. The van der Waals surface area contributed by atoms with Crippen LogP contribution < -0.4 is 5.32 Å². The summed E-state index contributed by atoms with van der Waals surface area (Å²) in [5.41, 5.74) is 3.46. The Morgan fingerprint density at radius 1 is 1.16 bits per heavy atom. The summed E-state index contributed by atoms with van der Waals surface area (Å²) in [5, 5.41) is 4.22. The predicted molar refractivity (Wildman–Crippen MR) is 83.8 cm³/mol. The molecule has 1 N–H and O–H groups in total. The molecule has 0 heterocycles. The fourth-order valence-electron chi connectivity index (χ4n) is 2.01. The third-order valence-corrected chi connectivity index (χ3v) is 3.42. The van der Waals surface area contributed by atoms with Gasteiger partial charge in [-0.1, -0.05) is 59.6 Å². The smallest absolute Gasteiger partial charge is 0.0637 e. The van der Waals surface area contributed by atoms with Gasteiger partial charge in [0.05, 0.1) is 16.8 Å². The van der Waals surface area contributed by atoms with Gasteiger partial charge in [-0.25, -0.2) is 0 Å². The van der Waals surface area contributed by atoms with Crippen LogP contribution in [0.15, 0.2) is 61.2 Å². The summed E-state index contributed by atoms with van der Waals surface area (Å²) in [6.07, 6.45) is 2.78. The van der Waals surface area contributed by atoms with Crippen LogP contribution in [-0.2, 0) is 0 Å². The highest BCUT2D eigenvalue weighted by atomic mass is 35.5. The number of hydrogen-bond donors (Lipinski definition) is 1. The quantitative estimate of drug-likeness (QED) is 0.720. The molecule has 0 fully saturated rings. The van der Waals surface area contributed by atoms with Gasteiger partial charge < -0.3 is 5.32 Å². The lowest BCUT2D eigenvalue weighted by Crippen LogP contribution is -2.10. The van der Waals surface area contributed by atoms with E-state index in [-0.39, 0.29) is 6.04 Å². The molecule has 0 aliphatic carbocycles. The van der Waals surface area contributed by atoms with Gasteiger partial charge in [0.15, 0.2) is 0 Å². The Morgan fingerprint density at radius 3 is 2.47 bits per heavy atom. The van der Waals surface area contributed by atoms with Gasteiger partial charge in [-0.3, -0.25) is 0 Å². The zero-order chi connectivity index (χ0) is 13.7. The van der Waals surface area contributed by atoms with E-state index in [9.17, 15) is 0 Å². The van der Waals surface area contributed by atoms with Crippen molar-refractivity contribution in [3.63, 3.8) is 0 Å². The molecule has 98 valence electrons. The monoisotopic (exact) mass is 271 g/mol. The van der Waals surface area contributed by atoms with Gasteiger partial charge in [-0.05, 0) is 31.0 Å². The van der Waals surface area contributed by atoms with E-state index in [0.29, 0.717) is 0 Å². The lowest BCUT2D eigenvalue weighted by molar-refractivity contribution is 0.798. The van der Waals surface area contributed by atoms with Crippen LogP contribution in [0.1, 0.15) is 23.6 Å². The molecule has 0 radical (unpaired) electrons. The molecule has 0 aliphatic heterocycles. The molecule has 1 nitrogen and oxygen atoms in total. The molecule has 0 saturated heterocycles. The molecule has 19 heavy (non-hydrogen) atoms. The van der Waals surface area contributed by atoms with Crippen molar-refractivity contribution < 1.29 is 0 Å². The lowest BCUT2D eigenvalue weighted by Gasteiger charge is -2.20. The normalized spacial score (nSPS) is 11.9. The minimum Gasteiger partial charge on any atom is -0.377 e. The van der Waals surface area contributed by atoms with E-state index >= 15 is 0 Å². The largest absolute Gasteiger partial charge is 0.377 e. The second-order valence-corrected chi connectivity index (χ2v) is 5.02. The molecule has 0 amide bonds. The first-order valence-corrected chi connectivity index (χ1v) is 6.77. The summed E-state index contributed by atoms with van der Waals surface area (Å²) in [4.78, 5) is 0. The van der Waals surface area contributed by atoms with Gasteiger partial charge in [-0.2, -0.15) is 0 Å². The SMILES string of the molecule is C=CCC(Nc1ccccc1Cl)c1ccc(C)cc1. The molecule has 2 rings (SSSR count). The Hall–Kier alpha value is -1.73. The van der Waals surface area contributed by atoms with Crippen molar-refractivity contribution >= 4 is 17.3 Å². The summed E-state index contributed by atoms with van der Waals surface area (Å²) in [7, 11) is 0. The maximum Gasteiger partial charge on any atom is 0.0637 e. The fourth-order valence-corrected chi connectivity index (χ4v) is 2.20. The zero-order valence-corrected chi connectivity index (χ0v) is 11.8. The van der Waals surface area contributed by atoms with Gasteiger partial charge in [0.1, 0.15) is 0 Å². The second-order valence-electron chi connectivity index (χ2n) is 4.61. The van der Waals surface area contributed by atoms with E-state index in [4.69, 9.17) is 11.6 Å². The van der Waals surface area contributed by atoms with Crippen molar-refractivity contribution in [2.24, 2.45) is 0 Å². The van der Waals surface area contributed by atoms with Crippen molar-refractivity contribution in [3.05, 3.63) is 77.3 Å². The number of hydrogen-bond acceptors (Lipinski definition) is 1. The highest BCUT2D eigenvalue weighted by Crippen LogP contribution is 2.28. The van der Waals surface area contributed by atoms with Crippen LogP contribution in [-0.4, -0.2) is 0 Å². The van der Waals surface area contributed by atoms with E-state index in [0.717, 1.165) is 17.1 Å². The first-order chi connectivity index (χ1) is 9.20. The Morgan fingerprint density at radius 2 is 1.84 bits per heavy atom. The van der Waals surface area contributed by atoms with Crippen LogP contribution >= 0.6 is 11.6 Å². The van der Waals surface area contributed by atoms with Crippen LogP contribution in [0.4, 0.5) is 5.69 Å². The van der Waals surface area contributed by atoms with E-state index in [1.807, 2.05) is 30.3 Å². The molecule has 0 aromatic heterocycles. The van der Waals surface area contributed by atoms with Crippen LogP contribution in [0.2, 0.25) is 5.02 Å². The summed E-state index contributed by atoms with van der Waals surface area (Å²) >= 11 is 6.19. The predicted octanol–water partition coefficient (Wildman–Crippen LogP) is 5.38. The minimum atomic E-state index is 0.193. The average molecular weight is 272 g/mol. The Balaban J connectivity index is 2.23. The van der Waals surface area contributed by atoms with Crippen molar-refractivity contribution in [3.8, 4) is 0 Å². The van der Waals surface area contributed by atoms with Crippen LogP contribution in [0, 0.1) is 6.92 Å². The van der Waals surface area contributed by atoms with Crippen molar-refractivity contribution in [1.29, 1.82) is 0 Å². The zero-order valence-electron chi connectivity index (χ0n) is 11.1. The van der Waals surface area contributed by atoms with Crippen LogP contribution in [0.5, 0.6) is 0 Å². The number of halogens is 1. The summed E-state index contributed by atoms with van der Waals surface area (Å²) < 4.78 is 0. The number of benzene rings is 2. The van der Waals surface area contributed by atoms with E-state index in [2.05, 4.69) is 43.1 Å². The lowest BCUT2D eigenvalue weighted by atomic mass is 10.0. The molecular formula is C17H18ClN. The maximum atomic E-state index is 6.19. The summed E-state index contributed by atoms with van der Waals surface area (Å²) in [6, 6.07) is 16.5. The molecule has 1 atom stereocenters. The van der Waals surface area contributed by atoms with E-state index < -0.39 is 0 Å². The molecule has 1 unspecified atom stereocenters. The molecule has 2 heteroatoms. The van der Waals surface area contributed by atoms with Crippen LogP contribution in [0.25, 0.3) is 0 Å². The molecule has 2 aromatic rings. The first kappa shape index (κ1) is 13.7. The van der Waals surface area contributed by atoms with Gasteiger partial charge >= 0.3 is 0 Å². The first-order valence-electron chi connectivity index (χ1n) is 6.39. The highest BCUT2D eigenvalue weighted by Gasteiger charge is 2.10. The van der Waals surface area contributed by atoms with Crippen molar-refractivity contribution in [2.45, 2.75) is 19.4 Å². The Bertz CT molecular complexity index is 545. The molecule has 2 aromatic carbocycles. The van der Waals surface area contributed by atoms with Gasteiger partial charge in [-0.15, -0.1) is 6.58 Å². The summed E-state index contributed by atoms with van der Waals surface area (Å²) in [6.45, 7) is 5.93. The molecule has 0 aliphatic rings. The number of rotatable bonds is 5. The number of anilines is 1.